The van der Waals surface area contributed by atoms with Crippen LogP contribution in [0.3, 0.4) is 0 Å². The van der Waals surface area contributed by atoms with Crippen molar-refractivity contribution in [2.75, 3.05) is 0 Å². The van der Waals surface area contributed by atoms with Gasteiger partial charge in [-0.25, -0.2) is 0 Å². The van der Waals surface area contributed by atoms with Crippen LogP contribution in [0.5, 0.6) is 0 Å². The van der Waals surface area contributed by atoms with Crippen LogP contribution in [0.4, 0.5) is 0 Å². The van der Waals surface area contributed by atoms with Crippen molar-refractivity contribution >= 4 is 0 Å². The Bertz CT molecular complexity index is 275. The van der Waals surface area contributed by atoms with Crippen LogP contribution in [0.2, 0.25) is 0 Å². The predicted octanol–water partition coefficient (Wildman–Crippen LogP) is 2.81. The van der Waals surface area contributed by atoms with Crippen LogP contribution in [-0.2, 0) is 0 Å². The van der Waals surface area contributed by atoms with Crippen LogP contribution in [-0.4, -0.2) is 11.2 Å². The average molecular weight is 178 g/mol. The zero-order chi connectivity index (χ0) is 9.47. The molecule has 2 atom stereocenters. The van der Waals surface area contributed by atoms with Gasteiger partial charge in [-0.15, -0.1) is 0 Å². The van der Waals surface area contributed by atoms with Gasteiger partial charge >= 0.3 is 0 Å². The Morgan fingerprint density at radius 3 is 3.08 bits per heavy atom. The molecule has 0 aromatic rings. The number of fused-ring (bicyclic) bond motifs is 1. The summed E-state index contributed by atoms with van der Waals surface area (Å²) in [5.41, 5.74) is 2.81. The monoisotopic (exact) mass is 178 g/mol. The molecule has 72 valence electrons. The van der Waals surface area contributed by atoms with Gasteiger partial charge in [0.15, 0.2) is 0 Å². The highest BCUT2D eigenvalue weighted by atomic mass is 16.3. The first kappa shape index (κ1) is 9.01. The molecule has 13 heavy (non-hydrogen) atoms. The van der Waals surface area contributed by atoms with Crippen molar-refractivity contribution in [1.82, 2.24) is 0 Å². The minimum absolute atomic E-state index is 0.0411. The first-order chi connectivity index (χ1) is 6.13. The third kappa shape index (κ3) is 1.35. The van der Waals surface area contributed by atoms with Gasteiger partial charge in [0, 0.05) is 5.41 Å². The van der Waals surface area contributed by atoms with Crippen LogP contribution in [0.25, 0.3) is 0 Å². The number of allylic oxidation sites excluding steroid dienone is 2. The fraction of sp³-hybridized carbons (Fsp3) is 0.667. The van der Waals surface area contributed by atoms with Gasteiger partial charge < -0.3 is 5.11 Å². The standard InChI is InChI=1S/C12H18O/c1-9-6-7-10-4-3-5-11(13)12(10,2)8-9/h7-8,11,13H,3-6H2,1-2H3/t11-,12-/m0/s1. The summed E-state index contributed by atoms with van der Waals surface area (Å²) < 4.78 is 0. The summed E-state index contributed by atoms with van der Waals surface area (Å²) in [7, 11) is 0. The molecule has 1 heteroatoms. The predicted molar refractivity (Wildman–Crippen MR) is 54.4 cm³/mol. The summed E-state index contributed by atoms with van der Waals surface area (Å²) in [6.07, 6.45) is 8.79. The smallest absolute Gasteiger partial charge is 0.0665 e. The van der Waals surface area contributed by atoms with Crippen molar-refractivity contribution in [1.29, 1.82) is 0 Å². The summed E-state index contributed by atoms with van der Waals surface area (Å²) in [6, 6.07) is 0. The van der Waals surface area contributed by atoms with Gasteiger partial charge in [0.1, 0.15) is 0 Å². The van der Waals surface area contributed by atoms with E-state index in [9.17, 15) is 5.11 Å². The summed E-state index contributed by atoms with van der Waals surface area (Å²) in [5.74, 6) is 0. The summed E-state index contributed by atoms with van der Waals surface area (Å²) in [6.45, 7) is 4.32. The lowest BCUT2D eigenvalue weighted by atomic mass is 9.66. The van der Waals surface area contributed by atoms with Crippen LogP contribution < -0.4 is 0 Å². The fourth-order valence-electron chi connectivity index (χ4n) is 2.63. The van der Waals surface area contributed by atoms with E-state index in [1.165, 1.54) is 17.6 Å². The molecule has 1 fully saturated rings. The van der Waals surface area contributed by atoms with Crippen LogP contribution >= 0.6 is 0 Å². The molecule has 0 aromatic heterocycles. The Balaban J connectivity index is 2.36. The largest absolute Gasteiger partial charge is 0.392 e. The van der Waals surface area contributed by atoms with Gasteiger partial charge in [-0.3, -0.25) is 0 Å². The lowest BCUT2D eigenvalue weighted by Crippen LogP contribution is -2.37. The number of aliphatic hydroxyl groups excluding tert-OH is 1. The minimum atomic E-state index is -0.164. The van der Waals surface area contributed by atoms with E-state index >= 15 is 0 Å². The Hall–Kier alpha value is -0.560. The van der Waals surface area contributed by atoms with Crippen molar-refractivity contribution in [2.45, 2.75) is 45.6 Å². The van der Waals surface area contributed by atoms with Crippen LogP contribution in [0, 0.1) is 5.41 Å². The molecule has 0 bridgehead atoms. The maximum absolute atomic E-state index is 10.00. The normalized spacial score (nSPS) is 39.2. The summed E-state index contributed by atoms with van der Waals surface area (Å²) >= 11 is 0. The zero-order valence-electron chi connectivity index (χ0n) is 8.51. The quantitative estimate of drug-likeness (QED) is 0.565. The maximum atomic E-state index is 10.00. The fourth-order valence-corrected chi connectivity index (χ4v) is 2.63. The molecule has 2 aliphatic carbocycles. The van der Waals surface area contributed by atoms with E-state index in [1.807, 2.05) is 0 Å². The summed E-state index contributed by atoms with van der Waals surface area (Å²) in [5, 5.41) is 10.00. The second kappa shape index (κ2) is 2.98. The third-order valence-electron chi connectivity index (χ3n) is 3.52. The van der Waals surface area contributed by atoms with Gasteiger partial charge in [0.25, 0.3) is 0 Å². The molecule has 0 amide bonds. The molecule has 0 spiro atoms. The van der Waals surface area contributed by atoms with Gasteiger partial charge in [-0.2, -0.15) is 0 Å². The highest BCUT2D eigenvalue weighted by Gasteiger charge is 2.38. The van der Waals surface area contributed by atoms with Gasteiger partial charge in [0.2, 0.25) is 0 Å². The van der Waals surface area contributed by atoms with E-state index in [4.69, 9.17) is 0 Å². The Labute approximate surface area is 80.2 Å². The van der Waals surface area contributed by atoms with E-state index in [0.29, 0.717) is 0 Å². The molecule has 1 saturated carbocycles. The Morgan fingerprint density at radius 1 is 1.54 bits per heavy atom. The number of rotatable bonds is 0. The second-order valence-corrected chi connectivity index (χ2v) is 4.61. The Morgan fingerprint density at radius 2 is 2.31 bits per heavy atom. The van der Waals surface area contributed by atoms with Gasteiger partial charge in [-0.05, 0) is 39.5 Å². The number of hydrogen-bond acceptors (Lipinski definition) is 1. The lowest BCUT2D eigenvalue weighted by Gasteiger charge is -2.41. The minimum Gasteiger partial charge on any atom is -0.392 e. The molecule has 0 heterocycles. The molecule has 0 radical (unpaired) electrons. The van der Waals surface area contributed by atoms with Gasteiger partial charge in [-0.1, -0.05) is 23.3 Å². The van der Waals surface area contributed by atoms with Crippen LogP contribution in [0.15, 0.2) is 23.3 Å². The zero-order valence-corrected chi connectivity index (χ0v) is 8.51. The molecule has 2 rings (SSSR count). The number of aliphatic hydroxyl groups is 1. The Kier molecular flexibility index (Phi) is 2.07. The first-order valence-corrected chi connectivity index (χ1v) is 5.19. The second-order valence-electron chi connectivity index (χ2n) is 4.61. The van der Waals surface area contributed by atoms with Gasteiger partial charge in [0.05, 0.1) is 6.10 Å². The number of hydrogen-bond donors (Lipinski definition) is 1. The van der Waals surface area contributed by atoms with Crippen molar-refractivity contribution in [3.8, 4) is 0 Å². The van der Waals surface area contributed by atoms with E-state index < -0.39 is 0 Å². The first-order valence-electron chi connectivity index (χ1n) is 5.19. The van der Waals surface area contributed by atoms with E-state index in [0.717, 1.165) is 19.3 Å². The maximum Gasteiger partial charge on any atom is 0.0665 e. The molecule has 0 saturated heterocycles. The molecular formula is C12H18O. The lowest BCUT2D eigenvalue weighted by molar-refractivity contribution is 0.0637. The van der Waals surface area contributed by atoms with Crippen molar-refractivity contribution < 1.29 is 5.11 Å². The van der Waals surface area contributed by atoms with Crippen molar-refractivity contribution in [3.05, 3.63) is 23.3 Å². The topological polar surface area (TPSA) is 20.2 Å². The molecule has 0 unspecified atom stereocenters. The van der Waals surface area contributed by atoms with E-state index in [2.05, 4.69) is 26.0 Å². The highest BCUT2D eigenvalue weighted by Crippen LogP contribution is 2.45. The molecular weight excluding hydrogens is 160 g/mol. The molecule has 0 aliphatic heterocycles. The molecule has 0 aromatic carbocycles. The molecule has 1 nitrogen and oxygen atoms in total. The highest BCUT2D eigenvalue weighted by molar-refractivity contribution is 5.33. The van der Waals surface area contributed by atoms with Crippen molar-refractivity contribution in [3.63, 3.8) is 0 Å². The third-order valence-corrected chi connectivity index (χ3v) is 3.52. The SMILES string of the molecule is CC1=C[C@@]2(C)C(=CC1)CCC[C@@H]2O. The van der Waals surface area contributed by atoms with Crippen molar-refractivity contribution in [2.24, 2.45) is 5.41 Å². The average Bonchev–Trinajstić information content (AvgIpc) is 2.07. The van der Waals surface area contributed by atoms with Crippen LogP contribution in [0.1, 0.15) is 39.5 Å². The summed E-state index contributed by atoms with van der Waals surface area (Å²) in [4.78, 5) is 0. The molecule has 2 aliphatic rings. The van der Waals surface area contributed by atoms with E-state index in [1.54, 1.807) is 0 Å². The van der Waals surface area contributed by atoms with E-state index in [-0.39, 0.29) is 11.5 Å². The molecule has 1 N–H and O–H groups in total.